The van der Waals surface area contributed by atoms with Crippen molar-refractivity contribution < 1.29 is 19.1 Å². The highest BCUT2D eigenvalue weighted by molar-refractivity contribution is 5.96. The number of rotatable bonds is 3. The lowest BCUT2D eigenvalue weighted by Gasteiger charge is -2.32. The molecule has 2 rings (SSSR count). The zero-order valence-corrected chi connectivity index (χ0v) is 13.0. The van der Waals surface area contributed by atoms with Gasteiger partial charge < -0.3 is 9.47 Å². The molecule has 0 amide bonds. The number of hydrogen-bond donors (Lipinski definition) is 0. The largest absolute Gasteiger partial charge is 0.422 e. The first kappa shape index (κ1) is 17.0. The van der Waals surface area contributed by atoms with Gasteiger partial charge in [0.15, 0.2) is 5.92 Å². The maximum atomic E-state index is 11.8. The second kappa shape index (κ2) is 7.07. The first-order chi connectivity index (χ1) is 9.91. The third kappa shape index (κ3) is 4.45. The molecule has 1 aromatic rings. The number of esters is 2. The average Bonchev–Trinajstić information content (AvgIpc) is 2.45. The number of carbonyl (C=O) groups is 2. The summed E-state index contributed by atoms with van der Waals surface area (Å²) in [6.07, 6.45) is 2.01. The Morgan fingerprint density at radius 3 is 2.00 bits per heavy atom. The molecule has 0 N–H and O–H groups in total. The van der Waals surface area contributed by atoms with Crippen LogP contribution in [0.4, 0.5) is 0 Å². The molecule has 0 atom stereocenters. The van der Waals surface area contributed by atoms with Gasteiger partial charge in [0, 0.05) is 13.8 Å². The molecule has 114 valence electrons. The van der Waals surface area contributed by atoms with Crippen LogP contribution in [-0.2, 0) is 25.5 Å². The highest BCUT2D eigenvalue weighted by Crippen LogP contribution is 2.25. The van der Waals surface area contributed by atoms with E-state index in [9.17, 15) is 9.59 Å². The second-order valence-corrected chi connectivity index (χ2v) is 4.94. The van der Waals surface area contributed by atoms with Gasteiger partial charge >= 0.3 is 11.9 Å². The van der Waals surface area contributed by atoms with E-state index >= 15 is 0 Å². The van der Waals surface area contributed by atoms with Gasteiger partial charge in [0.05, 0.1) is 0 Å². The van der Waals surface area contributed by atoms with Crippen LogP contribution in [0.3, 0.4) is 0 Å². The number of hydrogen-bond acceptors (Lipinski definition) is 4. The fraction of sp³-hybridized carbons (Fsp3) is 0.412. The van der Waals surface area contributed by atoms with Crippen molar-refractivity contribution in [1.82, 2.24) is 0 Å². The molecule has 1 heterocycles. The van der Waals surface area contributed by atoms with Gasteiger partial charge in [0.1, 0.15) is 0 Å². The van der Waals surface area contributed by atoms with E-state index < -0.39 is 23.6 Å². The van der Waals surface area contributed by atoms with Crippen LogP contribution >= 0.6 is 0 Å². The molecule has 1 fully saturated rings. The summed E-state index contributed by atoms with van der Waals surface area (Å²) in [7, 11) is 0. The lowest BCUT2D eigenvalue weighted by molar-refractivity contribution is -0.239. The SMILES string of the molecule is C=Cc1ccc(CC2C(=O)OC(C)(C)OC2=O)cc1.CC. The predicted molar refractivity (Wildman–Crippen MR) is 81.3 cm³/mol. The van der Waals surface area contributed by atoms with Gasteiger partial charge in [-0.3, -0.25) is 9.59 Å². The molecule has 1 aliphatic rings. The Bertz CT molecular complexity index is 494. The van der Waals surface area contributed by atoms with Crippen molar-refractivity contribution in [2.45, 2.75) is 39.9 Å². The van der Waals surface area contributed by atoms with Crippen molar-refractivity contribution >= 4 is 18.0 Å². The van der Waals surface area contributed by atoms with Crippen molar-refractivity contribution in [3.05, 3.63) is 42.0 Å². The van der Waals surface area contributed by atoms with E-state index in [1.54, 1.807) is 6.08 Å². The molecule has 0 unspecified atom stereocenters. The summed E-state index contributed by atoms with van der Waals surface area (Å²) in [6.45, 7) is 10.7. The topological polar surface area (TPSA) is 52.6 Å². The number of cyclic esters (lactones) is 2. The first-order valence-electron chi connectivity index (χ1n) is 7.08. The highest BCUT2D eigenvalue weighted by atomic mass is 16.7. The van der Waals surface area contributed by atoms with Gasteiger partial charge in [-0.25, -0.2) is 0 Å². The van der Waals surface area contributed by atoms with Gasteiger partial charge in [0.25, 0.3) is 5.79 Å². The van der Waals surface area contributed by atoms with Crippen molar-refractivity contribution in [3.63, 3.8) is 0 Å². The summed E-state index contributed by atoms with van der Waals surface area (Å²) in [5, 5.41) is 0. The lowest BCUT2D eigenvalue weighted by Crippen LogP contribution is -2.46. The third-order valence-electron chi connectivity index (χ3n) is 2.92. The fourth-order valence-corrected chi connectivity index (χ4v) is 1.94. The molecular weight excluding hydrogens is 268 g/mol. The molecule has 0 saturated carbocycles. The number of carbonyl (C=O) groups excluding carboxylic acids is 2. The van der Waals surface area contributed by atoms with Crippen molar-refractivity contribution in [1.29, 1.82) is 0 Å². The van der Waals surface area contributed by atoms with Crippen LogP contribution in [0.25, 0.3) is 6.08 Å². The van der Waals surface area contributed by atoms with E-state index in [-0.39, 0.29) is 6.42 Å². The smallest absolute Gasteiger partial charge is 0.323 e. The van der Waals surface area contributed by atoms with Crippen molar-refractivity contribution in [3.8, 4) is 0 Å². The molecule has 4 nitrogen and oxygen atoms in total. The minimum Gasteiger partial charge on any atom is -0.422 e. The van der Waals surface area contributed by atoms with Crippen LogP contribution < -0.4 is 0 Å². The van der Waals surface area contributed by atoms with Crippen LogP contribution in [0, 0.1) is 5.92 Å². The maximum absolute atomic E-state index is 11.8. The molecule has 0 aromatic heterocycles. The zero-order chi connectivity index (χ0) is 16.0. The van der Waals surface area contributed by atoms with Gasteiger partial charge in [-0.15, -0.1) is 0 Å². The van der Waals surface area contributed by atoms with E-state index in [2.05, 4.69) is 6.58 Å². The van der Waals surface area contributed by atoms with Crippen LogP contribution in [0.15, 0.2) is 30.8 Å². The Labute approximate surface area is 125 Å². The molecule has 21 heavy (non-hydrogen) atoms. The Balaban J connectivity index is 0.00000106. The van der Waals surface area contributed by atoms with E-state index in [1.807, 2.05) is 38.1 Å². The maximum Gasteiger partial charge on any atom is 0.323 e. The van der Waals surface area contributed by atoms with Crippen LogP contribution in [-0.4, -0.2) is 17.7 Å². The molecule has 1 saturated heterocycles. The van der Waals surface area contributed by atoms with Crippen LogP contribution in [0.1, 0.15) is 38.8 Å². The average molecular weight is 290 g/mol. The monoisotopic (exact) mass is 290 g/mol. The summed E-state index contributed by atoms with van der Waals surface area (Å²) >= 11 is 0. The molecule has 0 bridgehead atoms. The summed E-state index contributed by atoms with van der Waals surface area (Å²) in [5.41, 5.74) is 1.86. The molecule has 0 aliphatic carbocycles. The summed E-state index contributed by atoms with van der Waals surface area (Å²) in [6, 6.07) is 7.48. The van der Waals surface area contributed by atoms with Crippen LogP contribution in [0.5, 0.6) is 0 Å². The highest BCUT2D eigenvalue weighted by Gasteiger charge is 2.42. The van der Waals surface area contributed by atoms with E-state index in [0.29, 0.717) is 0 Å². The fourth-order valence-electron chi connectivity index (χ4n) is 1.94. The molecule has 1 aliphatic heterocycles. The number of ether oxygens (including phenoxy) is 2. The van der Waals surface area contributed by atoms with E-state index in [4.69, 9.17) is 9.47 Å². The first-order valence-corrected chi connectivity index (χ1v) is 7.08. The standard InChI is InChI=1S/C15H16O4.C2H6/c1-4-10-5-7-11(8-6-10)9-12-13(16)18-15(2,3)19-14(12)17;1-2/h4-8,12H,1,9H2,2-3H3;1-2H3. The Morgan fingerprint density at radius 1 is 1.10 bits per heavy atom. The summed E-state index contributed by atoms with van der Waals surface area (Å²) < 4.78 is 10.2. The Kier molecular flexibility index (Phi) is 5.70. The lowest BCUT2D eigenvalue weighted by atomic mass is 9.97. The minimum atomic E-state index is -1.17. The predicted octanol–water partition coefficient (Wildman–Crippen LogP) is 3.35. The Hall–Kier alpha value is -2.10. The normalized spacial score (nSPS) is 17.1. The summed E-state index contributed by atoms with van der Waals surface area (Å²) in [4.78, 5) is 23.6. The van der Waals surface area contributed by atoms with Gasteiger partial charge in [-0.2, -0.15) is 0 Å². The van der Waals surface area contributed by atoms with Gasteiger partial charge in [0.2, 0.25) is 0 Å². The van der Waals surface area contributed by atoms with E-state index in [1.165, 1.54) is 13.8 Å². The zero-order valence-electron chi connectivity index (χ0n) is 13.0. The molecule has 0 spiro atoms. The van der Waals surface area contributed by atoms with Gasteiger partial charge in [-0.1, -0.05) is 50.8 Å². The van der Waals surface area contributed by atoms with Crippen molar-refractivity contribution in [2.75, 3.05) is 0 Å². The molecule has 1 aromatic carbocycles. The molecule has 0 radical (unpaired) electrons. The third-order valence-corrected chi connectivity index (χ3v) is 2.92. The minimum absolute atomic E-state index is 0.283. The molecule has 4 heteroatoms. The van der Waals surface area contributed by atoms with Crippen LogP contribution in [0.2, 0.25) is 0 Å². The number of benzene rings is 1. The summed E-state index contributed by atoms with van der Waals surface area (Å²) in [5.74, 6) is -3.12. The quantitative estimate of drug-likeness (QED) is 0.633. The van der Waals surface area contributed by atoms with E-state index in [0.717, 1.165) is 11.1 Å². The Morgan fingerprint density at radius 2 is 1.57 bits per heavy atom. The molecular formula is C17H22O4. The van der Waals surface area contributed by atoms with Gasteiger partial charge in [-0.05, 0) is 17.5 Å². The van der Waals surface area contributed by atoms with Crippen molar-refractivity contribution in [2.24, 2.45) is 5.92 Å². The second-order valence-electron chi connectivity index (χ2n) is 4.94.